The Balaban J connectivity index is 1.70. The summed E-state index contributed by atoms with van der Waals surface area (Å²) in [6.07, 6.45) is 1.55. The maximum Gasteiger partial charge on any atom is 0.322 e. The molecule has 7 nitrogen and oxygen atoms in total. The molecule has 3 amide bonds. The fourth-order valence-electron chi connectivity index (χ4n) is 2.48. The second kappa shape index (κ2) is 6.19. The van der Waals surface area contributed by atoms with Gasteiger partial charge in [0, 0.05) is 12.3 Å². The number of hydrogen-bond donors (Lipinski definition) is 2. The predicted molar refractivity (Wildman–Crippen MR) is 86.6 cm³/mol. The minimum atomic E-state index is -1.15. The van der Waals surface area contributed by atoms with Crippen LogP contribution in [0.3, 0.4) is 0 Å². The fraction of sp³-hybridized carbons (Fsp3) is 0.235. The molecule has 24 heavy (non-hydrogen) atoms. The molecule has 1 unspecified atom stereocenters. The number of carbonyl (C=O) groups is 2. The summed E-state index contributed by atoms with van der Waals surface area (Å²) in [5.41, 5.74) is -0.455. The lowest BCUT2D eigenvalue weighted by molar-refractivity contribution is -0.123. The lowest BCUT2D eigenvalue weighted by Crippen LogP contribution is -2.49. The third-order valence-electron chi connectivity index (χ3n) is 3.82. The van der Waals surface area contributed by atoms with Crippen LogP contribution in [0.4, 0.5) is 4.79 Å². The molecular weight excluding hydrogens is 310 g/mol. The van der Waals surface area contributed by atoms with Crippen molar-refractivity contribution in [1.29, 1.82) is 0 Å². The van der Waals surface area contributed by atoms with E-state index in [4.69, 9.17) is 4.74 Å². The van der Waals surface area contributed by atoms with Gasteiger partial charge in [-0.25, -0.2) is 4.79 Å². The largest absolute Gasteiger partial charge is 0.489 e. The van der Waals surface area contributed by atoms with E-state index in [1.807, 2.05) is 30.3 Å². The summed E-state index contributed by atoms with van der Waals surface area (Å²) in [4.78, 5) is 35.3. The summed E-state index contributed by atoms with van der Waals surface area (Å²) in [5, 5.41) is 4.69. The maximum absolute atomic E-state index is 12.2. The van der Waals surface area contributed by atoms with Crippen molar-refractivity contribution in [3.05, 3.63) is 64.6 Å². The number of nitrogens with zero attached hydrogens (tertiary/aromatic N) is 1. The first-order valence-corrected chi connectivity index (χ1v) is 7.47. The highest BCUT2D eigenvalue weighted by atomic mass is 16.5. The first-order chi connectivity index (χ1) is 11.5. The average molecular weight is 327 g/mol. The molecule has 7 heteroatoms. The molecule has 124 valence electrons. The lowest BCUT2D eigenvalue weighted by Gasteiger charge is -2.21. The van der Waals surface area contributed by atoms with Gasteiger partial charge in [-0.15, -0.1) is 0 Å². The van der Waals surface area contributed by atoms with Gasteiger partial charge in [0.2, 0.25) is 0 Å². The second-order valence-corrected chi connectivity index (χ2v) is 5.84. The smallest absolute Gasteiger partial charge is 0.322 e. The van der Waals surface area contributed by atoms with Gasteiger partial charge < -0.3 is 14.6 Å². The minimum absolute atomic E-state index is 0.0440. The Hall–Kier alpha value is -3.09. The predicted octanol–water partition coefficient (Wildman–Crippen LogP) is 1.03. The van der Waals surface area contributed by atoms with Crippen LogP contribution >= 0.6 is 0 Å². The van der Waals surface area contributed by atoms with Crippen LogP contribution in [-0.4, -0.2) is 22.0 Å². The third-order valence-corrected chi connectivity index (χ3v) is 3.82. The van der Waals surface area contributed by atoms with E-state index in [9.17, 15) is 14.4 Å². The monoisotopic (exact) mass is 327 g/mol. The topological polar surface area (TPSA) is 89.4 Å². The SMILES string of the molecule is CC1(Cn2ccc(OCc3ccccc3)cc2=O)NC(=O)NC1=O. The second-order valence-electron chi connectivity index (χ2n) is 5.84. The van der Waals surface area contributed by atoms with Crippen molar-refractivity contribution in [2.75, 3.05) is 0 Å². The number of nitrogens with one attached hydrogen (secondary N) is 2. The Labute approximate surface area is 138 Å². The van der Waals surface area contributed by atoms with E-state index in [-0.39, 0.29) is 12.1 Å². The van der Waals surface area contributed by atoms with Crippen molar-refractivity contribution in [3.63, 3.8) is 0 Å². The lowest BCUT2D eigenvalue weighted by atomic mass is 10.0. The first-order valence-electron chi connectivity index (χ1n) is 7.47. The van der Waals surface area contributed by atoms with Crippen LogP contribution in [0.2, 0.25) is 0 Å². The summed E-state index contributed by atoms with van der Waals surface area (Å²) >= 11 is 0. The Morgan fingerprint density at radius 1 is 1.12 bits per heavy atom. The van der Waals surface area contributed by atoms with Crippen molar-refractivity contribution in [2.45, 2.75) is 25.6 Å². The van der Waals surface area contributed by atoms with Crippen LogP contribution in [0, 0.1) is 0 Å². The van der Waals surface area contributed by atoms with Gasteiger partial charge in [0.05, 0.1) is 6.54 Å². The molecule has 1 aromatic carbocycles. The van der Waals surface area contributed by atoms with Gasteiger partial charge in [-0.1, -0.05) is 30.3 Å². The summed E-state index contributed by atoms with van der Waals surface area (Å²) in [6.45, 7) is 1.97. The number of rotatable bonds is 5. The number of hydrogen-bond acceptors (Lipinski definition) is 4. The molecule has 0 aliphatic carbocycles. The van der Waals surface area contributed by atoms with Crippen LogP contribution in [0.15, 0.2) is 53.5 Å². The Kier molecular flexibility index (Phi) is 4.07. The van der Waals surface area contributed by atoms with E-state index in [1.165, 1.54) is 10.6 Å². The number of benzene rings is 1. The molecule has 1 aliphatic heterocycles. The van der Waals surface area contributed by atoms with Crippen molar-refractivity contribution in [3.8, 4) is 5.75 Å². The van der Waals surface area contributed by atoms with Crippen LogP contribution in [-0.2, 0) is 17.9 Å². The van der Waals surface area contributed by atoms with Crippen molar-refractivity contribution in [1.82, 2.24) is 15.2 Å². The molecule has 0 saturated carbocycles. The summed E-state index contributed by atoms with van der Waals surface area (Å²) in [5.74, 6) is -0.00558. The molecule has 1 aliphatic rings. The normalized spacial score (nSPS) is 19.7. The Morgan fingerprint density at radius 2 is 1.88 bits per heavy atom. The first kappa shape index (κ1) is 15.8. The molecule has 0 radical (unpaired) electrons. The summed E-state index contributed by atoms with van der Waals surface area (Å²) < 4.78 is 6.96. The molecule has 3 rings (SSSR count). The molecule has 1 aromatic heterocycles. The maximum atomic E-state index is 12.2. The quantitative estimate of drug-likeness (QED) is 0.803. The zero-order chi connectivity index (χ0) is 17.2. The number of pyridine rings is 1. The van der Waals surface area contributed by atoms with Crippen molar-refractivity contribution >= 4 is 11.9 Å². The summed E-state index contributed by atoms with van der Waals surface area (Å²) in [6, 6.07) is 12.1. The van der Waals surface area contributed by atoms with Crippen molar-refractivity contribution < 1.29 is 14.3 Å². The Morgan fingerprint density at radius 3 is 2.50 bits per heavy atom. The highest BCUT2D eigenvalue weighted by Crippen LogP contribution is 2.14. The highest BCUT2D eigenvalue weighted by Gasteiger charge is 2.42. The van der Waals surface area contributed by atoms with E-state index in [0.717, 1.165) is 5.56 Å². The number of amides is 3. The molecule has 0 spiro atoms. The van der Waals surface area contributed by atoms with Crippen LogP contribution < -0.4 is 20.9 Å². The zero-order valence-corrected chi connectivity index (χ0v) is 13.1. The number of aromatic nitrogens is 1. The summed E-state index contributed by atoms with van der Waals surface area (Å²) in [7, 11) is 0. The third kappa shape index (κ3) is 3.29. The van der Waals surface area contributed by atoms with Gasteiger partial charge >= 0.3 is 6.03 Å². The molecule has 1 saturated heterocycles. The van der Waals surface area contributed by atoms with Crippen molar-refractivity contribution in [2.24, 2.45) is 0 Å². The van der Waals surface area contributed by atoms with Crippen LogP contribution in [0.25, 0.3) is 0 Å². The van der Waals surface area contributed by atoms with E-state index < -0.39 is 17.5 Å². The highest BCUT2D eigenvalue weighted by molar-refractivity contribution is 6.06. The van der Waals surface area contributed by atoms with E-state index in [1.54, 1.807) is 19.2 Å². The van der Waals surface area contributed by atoms with Gasteiger partial charge in [0.15, 0.2) is 0 Å². The molecule has 2 aromatic rings. The standard InChI is InChI=1S/C17H17N3O4/c1-17(15(22)18-16(23)19-17)11-20-8-7-13(9-14(20)21)24-10-12-5-3-2-4-6-12/h2-9H,10-11H2,1H3,(H2,18,19,22,23). The van der Waals surface area contributed by atoms with Gasteiger partial charge in [-0.3, -0.25) is 14.9 Å². The van der Waals surface area contributed by atoms with Gasteiger partial charge in [0.1, 0.15) is 17.9 Å². The van der Waals surface area contributed by atoms with E-state index >= 15 is 0 Å². The molecular formula is C17H17N3O4. The molecule has 2 heterocycles. The number of ether oxygens (including phenoxy) is 1. The van der Waals surface area contributed by atoms with Gasteiger partial charge in [-0.2, -0.15) is 0 Å². The minimum Gasteiger partial charge on any atom is -0.489 e. The van der Waals surface area contributed by atoms with Crippen LogP contribution in [0.1, 0.15) is 12.5 Å². The van der Waals surface area contributed by atoms with E-state index in [0.29, 0.717) is 12.4 Å². The molecule has 2 N–H and O–H groups in total. The molecule has 1 atom stereocenters. The van der Waals surface area contributed by atoms with Gasteiger partial charge in [0.25, 0.3) is 11.5 Å². The zero-order valence-electron chi connectivity index (χ0n) is 13.1. The van der Waals surface area contributed by atoms with Crippen LogP contribution in [0.5, 0.6) is 5.75 Å². The average Bonchev–Trinajstić information content (AvgIpc) is 2.81. The number of urea groups is 1. The van der Waals surface area contributed by atoms with E-state index in [2.05, 4.69) is 10.6 Å². The molecule has 0 bridgehead atoms. The Bertz CT molecular complexity index is 831. The number of imide groups is 1. The number of carbonyl (C=O) groups excluding carboxylic acids is 2. The van der Waals surface area contributed by atoms with Gasteiger partial charge in [-0.05, 0) is 18.6 Å². The fourth-order valence-corrected chi connectivity index (χ4v) is 2.48. The molecule has 1 fully saturated rings.